The van der Waals surface area contributed by atoms with Gasteiger partial charge in [0, 0.05) is 173 Å². The van der Waals surface area contributed by atoms with Gasteiger partial charge < -0.3 is 69.0 Å². The van der Waals surface area contributed by atoms with E-state index < -0.39 is 0 Å². The van der Waals surface area contributed by atoms with Gasteiger partial charge in [0.2, 0.25) is 22.9 Å². The Bertz CT molecular complexity index is 5470. The van der Waals surface area contributed by atoms with Gasteiger partial charge in [-0.15, -0.1) is 10.2 Å². The predicted molar refractivity (Wildman–Crippen MR) is 472 cm³/mol. The standard InChI is InChI=1S/C19H25N5O.C19H27N5O.C18H22N8OS.C17H20N6O.C16H20N4O/c1-23(18-16-4-6-20-17(16)21-11-22-18)15-8-13-5-7-24(10-14(13)9-15)19(25)12-2-3-12;1-12(2)19(25)24-7-5-13-8-15(9-14(13)10-24)23(3)18-16-4-6-20-17(16)21-11-22-18;1-25(16-14-2-4-19-15(14)20-9-21-16)13-6-11-3-5-26(8-12(11)7-13)18(27)23-17-24-22-10-28-17;1-22(17-14-2-4-19-16(14)20-10-21-17)13-6-11-8-15(24)23(5-3-18)9-12(11)7-13;1-20(16-14-4-5-17-15(14)18-9-19-16)12-6-10-2-3-13(21)8-11(10)7-12/h4,6,11-15H,2-3,5,7-10H2,1H3,(H,20,21,22);4,6,11-15H,5,7-10H2,1-3H3,(H,20,21,22);2,4,9-13H,3,5-8H2,1H3,(H,19,20,21)(H,23,24,27);2,4,10-13H,5-9H2,1H3,(H,19,20,21);4-5,9-12H,2-3,6-8H2,1H3,(H,17,18,19)/t2*13-,14-,15+;11-,12-,13+;11-,12+,13-;/m0000./s1. The summed E-state index contributed by atoms with van der Waals surface area (Å²) in [6.07, 6.45) is 37.7. The molecular formula is C89H114N28O5S. The molecule has 123 heavy (non-hydrogen) atoms. The van der Waals surface area contributed by atoms with Crippen LogP contribution in [0.1, 0.15) is 136 Å². The third-order valence-corrected chi connectivity index (χ3v) is 30.1. The van der Waals surface area contributed by atoms with Crippen LogP contribution < -0.4 is 29.8 Å². The average Bonchev–Trinajstić information content (AvgIpc) is 1.65. The Hall–Kier alpha value is -11.5. The molecule has 4 aliphatic heterocycles. The molecule has 15 atom stereocenters. The second-order valence-electron chi connectivity index (χ2n) is 36.9. The first-order valence-corrected chi connectivity index (χ1v) is 45.3. The van der Waals surface area contributed by atoms with Crippen molar-refractivity contribution in [3.05, 3.63) is 98.5 Å². The number of urea groups is 1. The second-order valence-corrected chi connectivity index (χ2v) is 37.7. The zero-order valence-corrected chi connectivity index (χ0v) is 72.2. The molecule has 4 saturated heterocycles. The van der Waals surface area contributed by atoms with Crippen LogP contribution in [-0.4, -0.2) is 252 Å². The van der Waals surface area contributed by atoms with E-state index in [1.54, 1.807) is 42.0 Å². The third-order valence-electron chi connectivity index (χ3n) is 29.5. The van der Waals surface area contributed by atoms with E-state index in [0.717, 1.165) is 238 Å². The molecule has 3 unspecified atom stereocenters. The number of rotatable bonds is 14. The molecule has 33 nitrogen and oxygen atoms in total. The molecular weight excluding hydrogens is 1570 g/mol. The number of aromatic nitrogens is 17. The number of Topliss-reactive ketones (excluding diaryl/α,β-unsaturated/α-hetero) is 1. The van der Waals surface area contributed by atoms with Crippen LogP contribution in [0.15, 0.2) is 98.5 Å². The Kier molecular flexibility index (Phi) is 24.0. The van der Waals surface area contributed by atoms with Crippen LogP contribution in [0.4, 0.5) is 39.0 Å². The van der Waals surface area contributed by atoms with Gasteiger partial charge in [0.15, 0.2) is 0 Å². The van der Waals surface area contributed by atoms with Crippen molar-refractivity contribution >= 4 is 130 Å². The minimum absolute atomic E-state index is 0.0724. The topological polar surface area (TPSA) is 384 Å². The maximum Gasteiger partial charge on any atom is 0.323 e. The van der Waals surface area contributed by atoms with Gasteiger partial charge in [-0.05, 0) is 192 Å². The van der Waals surface area contributed by atoms with Gasteiger partial charge in [0.1, 0.15) is 107 Å². The van der Waals surface area contributed by atoms with E-state index >= 15 is 0 Å². The molecule has 11 fully saturated rings. The van der Waals surface area contributed by atoms with E-state index in [4.69, 9.17) is 5.26 Å². The van der Waals surface area contributed by atoms with Crippen LogP contribution in [0, 0.1) is 82.3 Å². The summed E-state index contributed by atoms with van der Waals surface area (Å²) >= 11 is 1.34. The van der Waals surface area contributed by atoms with E-state index in [2.05, 4.69) is 172 Å². The Morgan fingerprint density at radius 2 is 0.805 bits per heavy atom. The molecule has 15 heterocycles. The molecule has 0 bridgehead atoms. The number of anilines is 6. The Labute approximate surface area is 719 Å². The van der Waals surface area contributed by atoms with Crippen LogP contribution in [-0.2, 0) is 19.2 Å². The van der Waals surface area contributed by atoms with Crippen molar-refractivity contribution < 1.29 is 24.0 Å². The van der Waals surface area contributed by atoms with E-state index in [1.165, 1.54) is 30.6 Å². The number of piperidine rings is 4. The van der Waals surface area contributed by atoms with Crippen LogP contribution in [0.5, 0.6) is 0 Å². The zero-order valence-electron chi connectivity index (χ0n) is 71.4. The highest BCUT2D eigenvalue weighted by molar-refractivity contribution is 7.13. The minimum atomic E-state index is -0.0724. The lowest BCUT2D eigenvalue weighted by molar-refractivity contribution is -0.137. The van der Waals surface area contributed by atoms with Crippen LogP contribution in [0.25, 0.3) is 55.2 Å². The van der Waals surface area contributed by atoms with Gasteiger partial charge in [-0.1, -0.05) is 25.2 Å². The molecule has 0 radical (unpaired) electrons. The number of ketones is 1. The van der Waals surface area contributed by atoms with Crippen LogP contribution in [0.3, 0.4) is 0 Å². The summed E-state index contributed by atoms with van der Waals surface area (Å²) < 4.78 is 0. The summed E-state index contributed by atoms with van der Waals surface area (Å²) in [5.41, 5.74) is 6.00. The third kappa shape index (κ3) is 17.4. The van der Waals surface area contributed by atoms with E-state index in [0.29, 0.717) is 113 Å². The number of aromatic amines is 5. The normalized spacial score (nSPS) is 26.8. The molecule has 22 rings (SSSR count). The molecule has 34 heteroatoms. The maximum atomic E-state index is 12.5. The van der Waals surface area contributed by atoms with Gasteiger partial charge in [0.05, 0.1) is 33.0 Å². The highest BCUT2D eigenvalue weighted by Gasteiger charge is 2.48. The Morgan fingerprint density at radius 1 is 0.455 bits per heavy atom. The van der Waals surface area contributed by atoms with Crippen molar-refractivity contribution in [2.75, 3.05) is 117 Å². The van der Waals surface area contributed by atoms with Crippen molar-refractivity contribution in [2.45, 2.75) is 166 Å². The number of carbonyl (C=O) groups is 5. The summed E-state index contributed by atoms with van der Waals surface area (Å²) in [4.78, 5) is 140. The predicted octanol–water partition coefficient (Wildman–Crippen LogP) is 11.8. The fourth-order valence-corrected chi connectivity index (χ4v) is 23.0. The number of nitriles is 1. The first-order chi connectivity index (χ1) is 59.8. The number of nitrogens with zero attached hydrogens (tertiary/aromatic N) is 22. The van der Waals surface area contributed by atoms with Crippen molar-refractivity contribution in [3.63, 3.8) is 0 Å². The van der Waals surface area contributed by atoms with Crippen molar-refractivity contribution in [1.82, 2.24) is 105 Å². The molecule has 7 saturated carbocycles. The quantitative estimate of drug-likeness (QED) is 0.0551. The highest BCUT2D eigenvalue weighted by Crippen LogP contribution is 2.49. The summed E-state index contributed by atoms with van der Waals surface area (Å²) in [7, 11) is 10.6. The van der Waals surface area contributed by atoms with Crippen LogP contribution in [0.2, 0.25) is 0 Å². The number of hydrogen-bond acceptors (Lipinski definition) is 24. The number of H-pyrrole nitrogens is 5. The average molecular weight is 1690 g/mol. The molecule has 646 valence electrons. The van der Waals surface area contributed by atoms with Crippen molar-refractivity contribution in [1.29, 1.82) is 5.26 Å². The molecule has 5 amide bonds. The zero-order chi connectivity index (χ0) is 84.7. The summed E-state index contributed by atoms with van der Waals surface area (Å²) in [6.45, 7) is 10.3. The molecule has 0 spiro atoms. The lowest BCUT2D eigenvalue weighted by Crippen LogP contribution is -2.44. The van der Waals surface area contributed by atoms with E-state index in [9.17, 15) is 24.0 Å². The highest BCUT2D eigenvalue weighted by atomic mass is 32.1. The van der Waals surface area contributed by atoms with Gasteiger partial charge in [-0.25, -0.2) is 54.6 Å². The number of amides is 5. The lowest BCUT2D eigenvalue weighted by atomic mass is 9.81. The number of carbonyl (C=O) groups excluding carboxylic acids is 5. The molecule has 11 aliphatic rings. The molecule has 11 aromatic heterocycles. The van der Waals surface area contributed by atoms with Gasteiger partial charge in [-0.3, -0.25) is 24.5 Å². The smallest absolute Gasteiger partial charge is 0.323 e. The lowest BCUT2D eigenvalue weighted by Gasteiger charge is -2.35. The number of fused-ring (bicyclic) bond motifs is 10. The molecule has 11 aromatic rings. The Morgan fingerprint density at radius 3 is 1.19 bits per heavy atom. The van der Waals surface area contributed by atoms with Crippen molar-refractivity contribution in [3.8, 4) is 6.07 Å². The molecule has 0 aromatic carbocycles. The van der Waals surface area contributed by atoms with Crippen molar-refractivity contribution in [2.24, 2.45) is 71.0 Å². The second kappa shape index (κ2) is 35.8. The van der Waals surface area contributed by atoms with Crippen LogP contribution >= 0.6 is 11.3 Å². The van der Waals surface area contributed by atoms with E-state index in [-0.39, 0.29) is 24.4 Å². The minimum Gasteiger partial charge on any atom is -0.356 e. The summed E-state index contributed by atoms with van der Waals surface area (Å²) in [5, 5.41) is 25.3. The van der Waals surface area contributed by atoms with Gasteiger partial charge >= 0.3 is 6.03 Å². The van der Waals surface area contributed by atoms with E-state index in [1.807, 2.05) is 74.0 Å². The SMILES string of the molecule is CC(C)C(=O)N1CC[C@H]2C[C@@H](N(C)c3ncnc4[nH]ccc34)C[C@H]2C1.CN(c1ncnc2[nH]ccc12)C1CC2CCC(=O)CC2C1.CN(c1ncnc2[nH]ccc12)[C@@H]1C[C@@H]2CCN(C(=O)C3CC3)C[C@@H]2C1.CN(c1ncnc2[nH]ccc12)[C@@H]1C[C@@H]2CCN(C(=O)Nc3nncs3)C[C@@H]2C1.CN(c1ncnc2[nH]ccc12)[C@H]1C[C@H]2CC(=O)N(CC#N)C[C@H]2C1. The molecule has 7 aliphatic carbocycles. The van der Waals surface area contributed by atoms with Gasteiger partial charge in [-0.2, -0.15) is 5.26 Å². The fraction of sp³-hybridized carbons (Fsp3) is 0.573. The Balaban J connectivity index is 0.000000105. The summed E-state index contributed by atoms with van der Waals surface area (Å²) in [6, 6.07) is 14.5. The van der Waals surface area contributed by atoms with Gasteiger partial charge in [0.25, 0.3) is 0 Å². The largest absolute Gasteiger partial charge is 0.356 e. The maximum absolute atomic E-state index is 12.5. The first-order valence-electron chi connectivity index (χ1n) is 44.4. The molecule has 6 N–H and O–H groups in total. The monoisotopic (exact) mass is 1690 g/mol. The first kappa shape index (κ1) is 82.5. The fourth-order valence-electron chi connectivity index (χ4n) is 22.6. The number of hydrogen-bond donors (Lipinski definition) is 6. The number of likely N-dealkylation sites (tertiary alicyclic amines) is 4. The summed E-state index contributed by atoms with van der Waals surface area (Å²) in [5.74, 6) is 12.8. The number of nitrogens with one attached hydrogen (secondary N) is 6.